The molecule has 1 N–H and O–H groups in total. The molecule has 0 spiro atoms. The molecule has 24 heavy (non-hydrogen) atoms. The Balaban J connectivity index is 2.51. The van der Waals surface area contributed by atoms with E-state index in [1.54, 1.807) is 12.1 Å². The lowest BCUT2D eigenvalue weighted by molar-refractivity contribution is -0.154. The minimum atomic E-state index is -1.10. The summed E-state index contributed by atoms with van der Waals surface area (Å²) in [5.74, 6) is -0.148. The molecule has 1 aromatic carbocycles. The topological polar surface area (TPSA) is 100 Å². The molecule has 8 nitrogen and oxygen atoms in total. The molecule has 1 rings (SSSR count). The zero-order valence-electron chi connectivity index (χ0n) is 14.1. The summed E-state index contributed by atoms with van der Waals surface area (Å²) in [6.07, 6.45) is -1.52. The van der Waals surface area contributed by atoms with E-state index in [0.29, 0.717) is 17.9 Å². The Morgan fingerprint density at radius 1 is 1.08 bits per heavy atom. The van der Waals surface area contributed by atoms with Gasteiger partial charge in [-0.1, -0.05) is 6.07 Å². The van der Waals surface area contributed by atoms with Gasteiger partial charge in [-0.3, -0.25) is 14.9 Å². The molecule has 1 atom stereocenters. The second kappa shape index (κ2) is 9.39. The van der Waals surface area contributed by atoms with Gasteiger partial charge < -0.3 is 18.9 Å². The van der Waals surface area contributed by atoms with Gasteiger partial charge in [0, 0.05) is 6.42 Å². The molecular formula is C16H21NO7. The van der Waals surface area contributed by atoms with Gasteiger partial charge in [-0.15, -0.1) is 0 Å². The maximum atomic E-state index is 11.8. The summed E-state index contributed by atoms with van der Waals surface area (Å²) in [5, 5.41) is 1.93. The molecule has 8 heteroatoms. The van der Waals surface area contributed by atoms with Gasteiger partial charge in [0.15, 0.2) is 17.6 Å². The average molecular weight is 339 g/mol. The van der Waals surface area contributed by atoms with Crippen molar-refractivity contribution in [1.82, 2.24) is 5.32 Å². The van der Waals surface area contributed by atoms with E-state index in [2.05, 4.69) is 4.74 Å². The van der Waals surface area contributed by atoms with Crippen LogP contribution in [0, 0.1) is 0 Å². The zero-order valence-corrected chi connectivity index (χ0v) is 14.1. The van der Waals surface area contributed by atoms with Crippen molar-refractivity contribution >= 4 is 18.0 Å². The standard InChI is InChI=1S/C16H21NO7/c1-10(15(19)17-16(20)23-4)24-14(18)8-6-11-5-7-12(21-2)13(9-11)22-3/h5,7,9-10H,6,8H2,1-4H3,(H,17,19,20)/t10-/m1/s1. The quantitative estimate of drug-likeness (QED) is 0.750. The first-order chi connectivity index (χ1) is 11.4. The molecule has 0 aliphatic carbocycles. The van der Waals surface area contributed by atoms with Gasteiger partial charge in [0.2, 0.25) is 0 Å². The summed E-state index contributed by atoms with van der Waals surface area (Å²) in [6, 6.07) is 5.31. The Kier molecular flexibility index (Phi) is 7.54. The molecular weight excluding hydrogens is 318 g/mol. The van der Waals surface area contributed by atoms with Crippen LogP contribution in [0.2, 0.25) is 0 Å². The molecule has 132 valence electrons. The number of imide groups is 1. The number of carbonyl (C=O) groups excluding carboxylic acids is 3. The molecule has 2 amide bonds. The first-order valence-electron chi connectivity index (χ1n) is 7.20. The van der Waals surface area contributed by atoms with Crippen molar-refractivity contribution < 1.29 is 33.3 Å². The number of hydrogen-bond donors (Lipinski definition) is 1. The van der Waals surface area contributed by atoms with E-state index in [-0.39, 0.29) is 6.42 Å². The zero-order chi connectivity index (χ0) is 18.1. The smallest absolute Gasteiger partial charge is 0.413 e. The van der Waals surface area contributed by atoms with Gasteiger partial charge in [-0.2, -0.15) is 0 Å². The lowest BCUT2D eigenvalue weighted by Crippen LogP contribution is -2.39. The van der Waals surface area contributed by atoms with Crippen LogP contribution in [0.5, 0.6) is 11.5 Å². The fourth-order valence-corrected chi connectivity index (χ4v) is 1.85. The Hall–Kier alpha value is -2.77. The molecule has 1 aromatic rings. The Morgan fingerprint density at radius 3 is 2.33 bits per heavy atom. The van der Waals surface area contributed by atoms with E-state index in [0.717, 1.165) is 12.7 Å². The fourth-order valence-electron chi connectivity index (χ4n) is 1.85. The number of methoxy groups -OCH3 is 3. The highest BCUT2D eigenvalue weighted by Crippen LogP contribution is 2.27. The Labute approximate surface area is 140 Å². The van der Waals surface area contributed by atoms with E-state index in [1.165, 1.54) is 21.1 Å². The second-order valence-corrected chi connectivity index (χ2v) is 4.80. The second-order valence-electron chi connectivity index (χ2n) is 4.80. The minimum absolute atomic E-state index is 0.0747. The van der Waals surface area contributed by atoms with Gasteiger partial charge in [0.05, 0.1) is 21.3 Å². The van der Waals surface area contributed by atoms with Crippen LogP contribution in [0.25, 0.3) is 0 Å². The van der Waals surface area contributed by atoms with Crippen LogP contribution in [-0.2, 0) is 25.5 Å². The highest BCUT2D eigenvalue weighted by molar-refractivity contribution is 5.94. The number of rotatable bonds is 7. The van der Waals surface area contributed by atoms with Crippen LogP contribution in [0.4, 0.5) is 4.79 Å². The molecule has 0 fully saturated rings. The number of hydrogen-bond acceptors (Lipinski definition) is 7. The molecule has 0 bridgehead atoms. The number of nitrogens with one attached hydrogen (secondary N) is 1. The van der Waals surface area contributed by atoms with E-state index in [9.17, 15) is 14.4 Å². The van der Waals surface area contributed by atoms with Crippen molar-refractivity contribution in [3.05, 3.63) is 23.8 Å². The lowest BCUT2D eigenvalue weighted by Gasteiger charge is -2.13. The van der Waals surface area contributed by atoms with E-state index in [4.69, 9.17) is 14.2 Å². The number of aryl methyl sites for hydroxylation is 1. The largest absolute Gasteiger partial charge is 0.493 e. The van der Waals surface area contributed by atoms with Gasteiger partial charge in [0.25, 0.3) is 5.91 Å². The van der Waals surface area contributed by atoms with Crippen molar-refractivity contribution in [2.75, 3.05) is 21.3 Å². The Bertz CT molecular complexity index is 600. The number of alkyl carbamates (subject to hydrolysis) is 1. The number of esters is 1. The third-order valence-corrected chi connectivity index (χ3v) is 3.15. The minimum Gasteiger partial charge on any atom is -0.493 e. The predicted octanol–water partition coefficient (Wildman–Crippen LogP) is 1.45. The molecule has 0 radical (unpaired) electrons. The number of carbonyl (C=O) groups is 3. The van der Waals surface area contributed by atoms with E-state index < -0.39 is 24.1 Å². The molecule has 0 saturated heterocycles. The first-order valence-corrected chi connectivity index (χ1v) is 7.20. The van der Waals surface area contributed by atoms with Crippen LogP contribution >= 0.6 is 0 Å². The molecule has 0 heterocycles. The summed E-state index contributed by atoms with van der Waals surface area (Å²) in [4.78, 5) is 34.3. The molecule has 0 saturated carbocycles. The normalized spacial score (nSPS) is 11.2. The van der Waals surface area contributed by atoms with Crippen LogP contribution in [-0.4, -0.2) is 45.4 Å². The first kappa shape index (κ1) is 19.3. The van der Waals surface area contributed by atoms with Gasteiger partial charge in [-0.05, 0) is 31.0 Å². The number of benzene rings is 1. The van der Waals surface area contributed by atoms with Crippen LogP contribution in [0.15, 0.2) is 18.2 Å². The highest BCUT2D eigenvalue weighted by atomic mass is 16.6. The summed E-state index contributed by atoms with van der Waals surface area (Å²) >= 11 is 0. The van der Waals surface area contributed by atoms with Gasteiger partial charge in [-0.25, -0.2) is 4.79 Å². The van der Waals surface area contributed by atoms with Crippen LogP contribution < -0.4 is 14.8 Å². The molecule has 0 aliphatic rings. The predicted molar refractivity (Wildman–Crippen MR) is 84.0 cm³/mol. The molecule has 0 aliphatic heterocycles. The molecule has 0 unspecified atom stereocenters. The van der Waals surface area contributed by atoms with Crippen LogP contribution in [0.1, 0.15) is 18.9 Å². The average Bonchev–Trinajstić information content (AvgIpc) is 2.59. The lowest BCUT2D eigenvalue weighted by atomic mass is 10.1. The van der Waals surface area contributed by atoms with E-state index in [1.807, 2.05) is 11.4 Å². The highest BCUT2D eigenvalue weighted by Gasteiger charge is 2.20. The van der Waals surface area contributed by atoms with Gasteiger partial charge in [0.1, 0.15) is 0 Å². The third-order valence-electron chi connectivity index (χ3n) is 3.15. The number of ether oxygens (including phenoxy) is 4. The summed E-state index contributed by atoms with van der Waals surface area (Å²) in [5.41, 5.74) is 0.858. The van der Waals surface area contributed by atoms with Crippen molar-refractivity contribution in [3.63, 3.8) is 0 Å². The third kappa shape index (κ3) is 5.79. The Morgan fingerprint density at radius 2 is 1.75 bits per heavy atom. The van der Waals surface area contributed by atoms with Crippen molar-refractivity contribution in [2.24, 2.45) is 0 Å². The summed E-state index contributed by atoms with van der Waals surface area (Å²) in [7, 11) is 4.19. The molecule has 0 aromatic heterocycles. The monoisotopic (exact) mass is 339 g/mol. The van der Waals surface area contributed by atoms with Gasteiger partial charge >= 0.3 is 12.1 Å². The van der Waals surface area contributed by atoms with E-state index >= 15 is 0 Å². The summed E-state index contributed by atoms with van der Waals surface area (Å²) in [6.45, 7) is 1.37. The van der Waals surface area contributed by atoms with Crippen molar-refractivity contribution in [3.8, 4) is 11.5 Å². The van der Waals surface area contributed by atoms with Crippen molar-refractivity contribution in [2.45, 2.75) is 25.9 Å². The van der Waals surface area contributed by atoms with Crippen LogP contribution in [0.3, 0.4) is 0 Å². The number of amides is 2. The maximum Gasteiger partial charge on any atom is 0.413 e. The maximum absolute atomic E-state index is 11.8. The fraction of sp³-hybridized carbons (Fsp3) is 0.438. The van der Waals surface area contributed by atoms with Crippen molar-refractivity contribution in [1.29, 1.82) is 0 Å². The SMILES string of the molecule is COC(=O)NC(=O)[C@@H](C)OC(=O)CCc1ccc(OC)c(OC)c1. The summed E-state index contributed by atoms with van der Waals surface area (Å²) < 4.78 is 19.6.